The first kappa shape index (κ1) is 20.3. The topological polar surface area (TPSA) is 144 Å². The third kappa shape index (κ3) is 4.31. The van der Waals surface area contributed by atoms with Gasteiger partial charge >= 0.3 is 5.69 Å². The predicted octanol–water partition coefficient (Wildman–Crippen LogP) is 0.256. The van der Waals surface area contributed by atoms with Gasteiger partial charge in [0.15, 0.2) is 5.95 Å². The molecule has 2 aromatic heterocycles. The van der Waals surface area contributed by atoms with Crippen molar-refractivity contribution in [3.63, 3.8) is 0 Å². The van der Waals surface area contributed by atoms with E-state index in [0.717, 1.165) is 26.7 Å². The van der Waals surface area contributed by atoms with Gasteiger partial charge in [0.1, 0.15) is 5.69 Å². The summed E-state index contributed by atoms with van der Waals surface area (Å²) in [7, 11) is 0. The Morgan fingerprint density at radius 1 is 1.10 bits per heavy atom. The number of thioether (sulfide) groups is 1. The molecule has 0 fully saturated rings. The number of hydrogen-bond acceptors (Lipinski definition) is 9. The lowest BCUT2D eigenvalue weighted by atomic mass is 10.1. The maximum atomic E-state index is 12.7. The van der Waals surface area contributed by atoms with Crippen LogP contribution in [0.4, 0.5) is 0 Å². The number of benzene rings is 2. The standard InChI is InChI=1S/C20H16N6O4S/c21-25-18(28)15(11-13-7-3-1-4-8-13)22-23-20(25)31-12-16(27)17-19(29)30-24-26(17)14-9-5-2-6-10-14/h1-10H,11-12,21H2. The van der Waals surface area contributed by atoms with Crippen molar-refractivity contribution >= 4 is 17.5 Å². The molecule has 2 heterocycles. The number of nitrogen functional groups attached to an aromatic ring is 1. The quantitative estimate of drug-likeness (QED) is 0.187. The molecule has 0 spiro atoms. The lowest BCUT2D eigenvalue weighted by Crippen LogP contribution is -2.39. The molecule has 10 nitrogen and oxygen atoms in total. The molecule has 0 saturated carbocycles. The number of hydrogen-bond donors (Lipinski definition) is 1. The van der Waals surface area contributed by atoms with Gasteiger partial charge in [-0.05, 0) is 10.2 Å². The molecule has 0 aliphatic heterocycles. The third-order valence-electron chi connectivity index (χ3n) is 4.35. The summed E-state index contributed by atoms with van der Waals surface area (Å²) >= 11 is 0.888. The number of aromatic nitrogens is 5. The Hall–Kier alpha value is -3.99. The monoisotopic (exact) mass is 436 g/mol. The maximum Gasteiger partial charge on any atom is 0.307 e. The summed E-state index contributed by atoms with van der Waals surface area (Å²) in [6.45, 7) is 0. The second-order valence-electron chi connectivity index (χ2n) is 6.44. The van der Waals surface area contributed by atoms with Crippen molar-refractivity contribution in [2.45, 2.75) is 11.6 Å². The van der Waals surface area contributed by atoms with Gasteiger partial charge in [0, 0.05) is 18.6 Å². The van der Waals surface area contributed by atoms with Crippen LogP contribution in [-0.2, 0) is 6.42 Å². The van der Waals surface area contributed by atoms with E-state index in [-0.39, 0.29) is 28.7 Å². The molecule has 2 N–H and O–H groups in total. The van der Waals surface area contributed by atoms with Gasteiger partial charge in [0.05, 0.1) is 11.0 Å². The number of carbonyl (C=O) groups excluding carboxylic acids is 1. The summed E-state index contributed by atoms with van der Waals surface area (Å²) in [6.07, 6.45) is 0.283. The van der Waals surface area contributed by atoms with Crippen LogP contribution in [0.25, 0.3) is 5.69 Å². The lowest BCUT2D eigenvalue weighted by molar-refractivity contribution is -0.672. The van der Waals surface area contributed by atoms with Crippen molar-refractivity contribution in [3.05, 3.63) is 88.0 Å². The Morgan fingerprint density at radius 2 is 1.77 bits per heavy atom. The minimum absolute atomic E-state index is 0.0466. The molecule has 11 heteroatoms. The summed E-state index contributed by atoms with van der Waals surface area (Å²) in [6, 6.07) is 18.0. The molecule has 4 rings (SSSR count). The van der Waals surface area contributed by atoms with Crippen molar-refractivity contribution < 1.29 is 19.1 Å². The van der Waals surface area contributed by atoms with E-state index in [4.69, 9.17) is 5.84 Å². The summed E-state index contributed by atoms with van der Waals surface area (Å²) in [5, 5.41) is 23.6. The molecule has 0 aliphatic rings. The number of Topliss-reactive ketones (excluding diaryl/α,β-unsaturated/α-hetero) is 1. The molecule has 0 atom stereocenters. The fourth-order valence-electron chi connectivity index (χ4n) is 2.84. The minimum atomic E-state index is -0.858. The smallest absolute Gasteiger partial charge is 0.307 e. The molecule has 0 aliphatic carbocycles. The molecule has 0 amide bonds. The van der Waals surface area contributed by atoms with Crippen LogP contribution in [0.5, 0.6) is 5.95 Å². The second kappa shape index (κ2) is 8.79. The van der Waals surface area contributed by atoms with Crippen molar-refractivity contribution in [2.75, 3.05) is 11.6 Å². The van der Waals surface area contributed by atoms with Gasteiger partial charge in [0.2, 0.25) is 16.6 Å². The first-order valence-corrected chi connectivity index (χ1v) is 10.1. The third-order valence-corrected chi connectivity index (χ3v) is 5.29. The molecule has 0 bridgehead atoms. The normalized spacial score (nSPS) is 10.8. The van der Waals surface area contributed by atoms with E-state index in [2.05, 4.69) is 20.0 Å². The van der Waals surface area contributed by atoms with Crippen LogP contribution in [0.3, 0.4) is 0 Å². The number of nitrogens with two attached hydrogens (primary N) is 1. The van der Waals surface area contributed by atoms with Crippen molar-refractivity contribution in [1.29, 1.82) is 0 Å². The highest BCUT2D eigenvalue weighted by molar-refractivity contribution is 7.99. The number of carbonyl (C=O) groups is 1. The van der Waals surface area contributed by atoms with E-state index in [1.165, 1.54) is 0 Å². The van der Waals surface area contributed by atoms with Crippen molar-refractivity contribution in [1.82, 2.24) is 20.1 Å². The van der Waals surface area contributed by atoms with Crippen LogP contribution in [0, 0.1) is 0 Å². The Labute approximate surface area is 179 Å². The fraction of sp³-hybridized carbons (Fsp3) is 0.100. The van der Waals surface area contributed by atoms with Crippen LogP contribution in [0.15, 0.2) is 75.1 Å². The van der Waals surface area contributed by atoms with E-state index in [1.54, 1.807) is 30.3 Å². The highest BCUT2D eigenvalue weighted by Gasteiger charge is 2.28. The van der Waals surface area contributed by atoms with E-state index in [1.807, 2.05) is 30.3 Å². The molecular formula is C20H16N6O4S. The van der Waals surface area contributed by atoms with Crippen molar-refractivity contribution in [3.8, 4) is 11.6 Å². The Kier molecular flexibility index (Phi) is 5.76. The largest absolute Gasteiger partial charge is 0.539 e. The predicted molar refractivity (Wildman–Crippen MR) is 108 cm³/mol. The van der Waals surface area contributed by atoms with E-state index < -0.39 is 17.3 Å². The van der Waals surface area contributed by atoms with Gasteiger partial charge in [-0.3, -0.25) is 9.59 Å². The number of para-hydroxylation sites is 1. The molecule has 156 valence electrons. The molecule has 0 saturated heterocycles. The van der Waals surface area contributed by atoms with Crippen LogP contribution < -0.4 is 21.2 Å². The molecule has 0 unspecified atom stereocenters. The SMILES string of the molecule is Nn1c(SCC(=O)c2c([O-])on[n+]2-c2ccccc2)nnc(Cc2ccccc2)c1=O. The lowest BCUT2D eigenvalue weighted by Gasteiger charge is -2.07. The van der Waals surface area contributed by atoms with Gasteiger partial charge in [-0.25, -0.2) is 0 Å². The van der Waals surface area contributed by atoms with Crippen LogP contribution in [-0.4, -0.2) is 31.7 Å². The van der Waals surface area contributed by atoms with Crippen LogP contribution >= 0.6 is 11.8 Å². The van der Waals surface area contributed by atoms with Gasteiger partial charge in [-0.15, -0.1) is 10.2 Å². The van der Waals surface area contributed by atoms with Gasteiger partial charge in [0.25, 0.3) is 5.56 Å². The average Bonchev–Trinajstić information content (AvgIpc) is 3.19. The van der Waals surface area contributed by atoms with Gasteiger partial charge < -0.3 is 15.5 Å². The fourth-order valence-corrected chi connectivity index (χ4v) is 3.56. The first-order valence-electron chi connectivity index (χ1n) is 9.12. The van der Waals surface area contributed by atoms with Crippen LogP contribution in [0.2, 0.25) is 0 Å². The highest BCUT2D eigenvalue weighted by Crippen LogP contribution is 2.17. The number of nitrogens with zero attached hydrogens (tertiary/aromatic N) is 5. The van der Waals surface area contributed by atoms with E-state index >= 15 is 0 Å². The summed E-state index contributed by atoms with van der Waals surface area (Å²) in [5.41, 5.74) is 0.834. The Bertz CT molecular complexity index is 1270. The molecule has 2 aromatic carbocycles. The van der Waals surface area contributed by atoms with Gasteiger partial charge in [-0.1, -0.05) is 60.3 Å². The Balaban J connectivity index is 1.51. The summed E-state index contributed by atoms with van der Waals surface area (Å²) in [5.74, 6) is 4.24. The van der Waals surface area contributed by atoms with Gasteiger partial charge in [-0.2, -0.15) is 4.68 Å². The summed E-state index contributed by atoms with van der Waals surface area (Å²) in [4.78, 5) is 25.2. The zero-order valence-corrected chi connectivity index (χ0v) is 16.9. The van der Waals surface area contributed by atoms with Crippen LogP contribution in [0.1, 0.15) is 21.7 Å². The molecular weight excluding hydrogens is 420 g/mol. The van der Waals surface area contributed by atoms with Crippen molar-refractivity contribution in [2.24, 2.45) is 0 Å². The van der Waals surface area contributed by atoms with E-state index in [9.17, 15) is 14.7 Å². The number of ketones is 1. The zero-order valence-electron chi connectivity index (χ0n) is 16.0. The minimum Gasteiger partial charge on any atom is -0.539 e. The molecule has 31 heavy (non-hydrogen) atoms. The number of rotatable bonds is 7. The second-order valence-corrected chi connectivity index (χ2v) is 7.38. The first-order chi connectivity index (χ1) is 15.0. The zero-order chi connectivity index (χ0) is 21.8. The summed E-state index contributed by atoms with van der Waals surface area (Å²) < 4.78 is 6.64. The average molecular weight is 436 g/mol. The molecule has 0 radical (unpaired) electrons. The molecule has 4 aromatic rings. The Morgan fingerprint density at radius 3 is 2.48 bits per heavy atom. The maximum absolute atomic E-state index is 12.7. The highest BCUT2D eigenvalue weighted by atomic mass is 32.2. The van der Waals surface area contributed by atoms with E-state index in [0.29, 0.717) is 5.69 Å².